The number of aliphatic hydroxyl groups is 2. The second-order valence-electron chi connectivity index (χ2n) is 6.41. The predicted octanol–water partition coefficient (Wildman–Crippen LogP) is 1.20. The van der Waals surface area contributed by atoms with Gasteiger partial charge in [-0.05, 0) is 18.1 Å². The zero-order valence-electron chi connectivity index (χ0n) is 13.8. The highest BCUT2D eigenvalue weighted by Crippen LogP contribution is 2.34. The summed E-state index contributed by atoms with van der Waals surface area (Å²) in [6, 6.07) is 1.73. The van der Waals surface area contributed by atoms with Crippen LogP contribution in [-0.4, -0.2) is 41.5 Å². The third-order valence-electron chi connectivity index (χ3n) is 3.74. The molecule has 0 amide bonds. The largest absolute Gasteiger partial charge is 0.481 e. The zero-order valence-corrected chi connectivity index (χ0v) is 14.8. The van der Waals surface area contributed by atoms with Gasteiger partial charge < -0.3 is 20.1 Å². The molecule has 1 unspecified atom stereocenters. The van der Waals surface area contributed by atoms with Gasteiger partial charge in [-0.3, -0.25) is 4.79 Å². The minimum atomic E-state index is -1.81. The van der Waals surface area contributed by atoms with Gasteiger partial charge in [-0.2, -0.15) is 0 Å². The van der Waals surface area contributed by atoms with Crippen molar-refractivity contribution in [3.05, 3.63) is 17.2 Å². The Morgan fingerprint density at radius 3 is 2.36 bits per heavy atom. The van der Waals surface area contributed by atoms with Crippen molar-refractivity contribution in [1.82, 2.24) is 4.98 Å². The molecular weight excluding hydrogens is 302 g/mol. The van der Waals surface area contributed by atoms with E-state index in [-0.39, 0.29) is 18.9 Å². The lowest BCUT2D eigenvalue weighted by molar-refractivity contribution is -0.143. The standard InChI is InChI=1S/C15H25NO5Si/c1-6-15(20,8-13(18)19)11-7-12(22(3,4)5)16-14(21-2)10(11)9-17/h7,17,20H,6,8-9H2,1-5H3,(H,18,19). The van der Waals surface area contributed by atoms with Crippen molar-refractivity contribution in [2.45, 2.75) is 51.6 Å². The van der Waals surface area contributed by atoms with Crippen molar-refractivity contribution >= 4 is 19.4 Å². The zero-order chi connectivity index (χ0) is 17.1. The maximum Gasteiger partial charge on any atom is 0.306 e. The van der Waals surface area contributed by atoms with Crippen molar-refractivity contribution in [1.29, 1.82) is 0 Å². The number of ether oxygens (including phenoxy) is 1. The number of carboxylic acid groups (broad SMARTS) is 1. The van der Waals surface area contributed by atoms with Crippen LogP contribution in [0.3, 0.4) is 0 Å². The van der Waals surface area contributed by atoms with Gasteiger partial charge in [0.1, 0.15) is 13.7 Å². The van der Waals surface area contributed by atoms with Crippen LogP contribution in [0.4, 0.5) is 0 Å². The number of pyridine rings is 1. The molecule has 0 saturated heterocycles. The summed E-state index contributed by atoms with van der Waals surface area (Å²) in [4.78, 5) is 15.6. The minimum Gasteiger partial charge on any atom is -0.481 e. The first-order chi connectivity index (χ1) is 10.1. The highest BCUT2D eigenvalue weighted by Gasteiger charge is 2.35. The van der Waals surface area contributed by atoms with Gasteiger partial charge in [-0.25, -0.2) is 4.98 Å². The van der Waals surface area contributed by atoms with Gasteiger partial charge in [0.2, 0.25) is 5.88 Å². The molecule has 22 heavy (non-hydrogen) atoms. The SMILES string of the molecule is CCC(O)(CC(=O)O)c1cc([Si](C)(C)C)nc(OC)c1CO. The molecule has 0 aliphatic rings. The summed E-state index contributed by atoms with van der Waals surface area (Å²) in [5, 5.41) is 30.4. The average Bonchev–Trinajstić information content (AvgIpc) is 2.43. The third-order valence-corrected chi connectivity index (χ3v) is 5.53. The van der Waals surface area contributed by atoms with E-state index >= 15 is 0 Å². The Hall–Kier alpha value is -1.44. The summed E-state index contributed by atoms with van der Waals surface area (Å²) in [6.07, 6.45) is -0.223. The highest BCUT2D eigenvalue weighted by atomic mass is 28.3. The number of hydrogen-bond acceptors (Lipinski definition) is 5. The Morgan fingerprint density at radius 1 is 1.41 bits per heavy atom. The number of rotatable bonds is 7. The topological polar surface area (TPSA) is 99.9 Å². The molecular formula is C15H25NO5Si. The van der Waals surface area contributed by atoms with Crippen molar-refractivity contribution in [3.8, 4) is 5.88 Å². The molecule has 7 heteroatoms. The summed E-state index contributed by atoms with van der Waals surface area (Å²) in [5.74, 6) is -0.853. The molecule has 0 saturated carbocycles. The second-order valence-corrected chi connectivity index (χ2v) is 11.4. The number of aliphatic carboxylic acids is 1. The van der Waals surface area contributed by atoms with Crippen molar-refractivity contribution in [3.63, 3.8) is 0 Å². The van der Waals surface area contributed by atoms with E-state index in [0.29, 0.717) is 11.1 Å². The van der Waals surface area contributed by atoms with Gasteiger partial charge in [0.15, 0.2) is 0 Å². The molecule has 3 N–H and O–H groups in total. The van der Waals surface area contributed by atoms with Crippen LogP contribution in [0.15, 0.2) is 6.07 Å². The monoisotopic (exact) mass is 327 g/mol. The summed E-state index contributed by atoms with van der Waals surface area (Å²) in [7, 11) is -0.365. The quantitative estimate of drug-likeness (QED) is 0.651. The molecule has 0 fully saturated rings. The molecule has 0 aliphatic heterocycles. The highest BCUT2D eigenvalue weighted by molar-refractivity contribution is 6.88. The molecule has 1 atom stereocenters. The molecule has 0 spiro atoms. The fourth-order valence-electron chi connectivity index (χ4n) is 2.33. The van der Waals surface area contributed by atoms with E-state index in [0.717, 1.165) is 5.32 Å². The summed E-state index contributed by atoms with van der Waals surface area (Å²) in [6.45, 7) is 7.63. The van der Waals surface area contributed by atoms with Gasteiger partial charge >= 0.3 is 5.97 Å². The molecule has 1 aromatic heterocycles. The lowest BCUT2D eigenvalue weighted by atomic mass is 9.85. The van der Waals surface area contributed by atoms with Crippen LogP contribution >= 0.6 is 0 Å². The third kappa shape index (κ3) is 3.85. The summed E-state index contributed by atoms with van der Waals surface area (Å²) in [5.41, 5.74) is -0.826. The van der Waals surface area contributed by atoms with E-state index in [9.17, 15) is 15.0 Å². The van der Waals surface area contributed by atoms with Crippen LogP contribution in [0.5, 0.6) is 5.88 Å². The van der Waals surface area contributed by atoms with E-state index in [2.05, 4.69) is 24.6 Å². The number of carboxylic acids is 1. The molecule has 1 aromatic rings. The van der Waals surface area contributed by atoms with E-state index in [1.807, 2.05) is 0 Å². The molecule has 0 aliphatic carbocycles. The molecule has 124 valence electrons. The maximum absolute atomic E-state index is 11.1. The smallest absolute Gasteiger partial charge is 0.306 e. The van der Waals surface area contributed by atoms with Gasteiger partial charge in [0.25, 0.3) is 0 Å². The predicted molar refractivity (Wildman–Crippen MR) is 86.1 cm³/mol. The first-order valence-electron chi connectivity index (χ1n) is 7.23. The molecule has 6 nitrogen and oxygen atoms in total. The van der Waals surface area contributed by atoms with Gasteiger partial charge in [-0.15, -0.1) is 0 Å². The van der Waals surface area contributed by atoms with Crippen LogP contribution in [0, 0.1) is 0 Å². The van der Waals surface area contributed by atoms with Gasteiger partial charge in [-0.1, -0.05) is 26.6 Å². The molecule has 0 radical (unpaired) electrons. The number of nitrogens with zero attached hydrogens (tertiary/aromatic N) is 1. The van der Waals surface area contributed by atoms with Crippen molar-refractivity contribution in [2.75, 3.05) is 7.11 Å². The van der Waals surface area contributed by atoms with E-state index in [1.54, 1.807) is 13.0 Å². The molecule has 1 rings (SSSR count). The number of aliphatic hydroxyl groups excluding tert-OH is 1. The normalized spacial score (nSPS) is 14.5. The van der Waals surface area contributed by atoms with E-state index < -0.39 is 26.1 Å². The number of methoxy groups -OCH3 is 1. The maximum atomic E-state index is 11.1. The fourth-order valence-corrected chi connectivity index (χ4v) is 3.34. The van der Waals surface area contributed by atoms with E-state index in [1.165, 1.54) is 7.11 Å². The Bertz CT molecular complexity index is 556. The number of carbonyl (C=O) groups is 1. The van der Waals surface area contributed by atoms with Gasteiger partial charge in [0, 0.05) is 10.9 Å². The molecule has 0 bridgehead atoms. The number of hydrogen-bond donors (Lipinski definition) is 3. The van der Waals surface area contributed by atoms with Crippen LogP contribution in [0.1, 0.15) is 30.9 Å². The van der Waals surface area contributed by atoms with Crippen LogP contribution < -0.4 is 10.1 Å². The lowest BCUT2D eigenvalue weighted by Crippen LogP contribution is -2.42. The Balaban J connectivity index is 3.64. The summed E-state index contributed by atoms with van der Waals surface area (Å²) >= 11 is 0. The van der Waals surface area contributed by atoms with Crippen LogP contribution in [-0.2, 0) is 17.0 Å². The van der Waals surface area contributed by atoms with Crippen LogP contribution in [0.25, 0.3) is 0 Å². The second kappa shape index (κ2) is 6.76. The first-order valence-corrected chi connectivity index (χ1v) is 10.7. The molecule has 1 heterocycles. The minimum absolute atomic E-state index is 0.213. The average molecular weight is 327 g/mol. The summed E-state index contributed by atoms with van der Waals surface area (Å²) < 4.78 is 5.25. The van der Waals surface area contributed by atoms with Crippen molar-refractivity contribution < 1.29 is 24.9 Å². The van der Waals surface area contributed by atoms with Crippen LogP contribution in [0.2, 0.25) is 19.6 Å². The number of aromatic nitrogens is 1. The Kier molecular flexibility index (Phi) is 5.72. The Morgan fingerprint density at radius 2 is 2.00 bits per heavy atom. The van der Waals surface area contributed by atoms with Gasteiger partial charge in [0.05, 0.1) is 20.1 Å². The van der Waals surface area contributed by atoms with Crippen molar-refractivity contribution in [2.24, 2.45) is 0 Å². The molecule has 0 aromatic carbocycles. The van der Waals surface area contributed by atoms with E-state index in [4.69, 9.17) is 9.84 Å². The Labute approximate surface area is 131 Å². The fraction of sp³-hybridized carbons (Fsp3) is 0.600. The lowest BCUT2D eigenvalue weighted by Gasteiger charge is -2.30. The first kappa shape index (κ1) is 18.6.